The molecule has 3 nitrogen and oxygen atoms in total. The maximum absolute atomic E-state index is 10.3. The molecule has 4 bridgehead atoms. The van der Waals surface area contributed by atoms with E-state index in [4.69, 9.17) is 4.89 Å². The molecule has 36 heavy (non-hydrogen) atoms. The van der Waals surface area contributed by atoms with Crippen LogP contribution in [-0.4, -0.2) is 10.9 Å². The topological polar surface area (TPSA) is 33.3 Å². The Bertz CT molecular complexity index is 1310. The first-order valence-electron chi connectivity index (χ1n) is 12.9. The van der Waals surface area contributed by atoms with E-state index < -0.39 is 5.60 Å². The molecule has 2 aliphatic carbocycles. The van der Waals surface area contributed by atoms with Crippen molar-refractivity contribution in [3.05, 3.63) is 99.9 Å². The van der Waals surface area contributed by atoms with Crippen LogP contribution in [0.15, 0.2) is 72.1 Å². The molecule has 3 heteroatoms. The Morgan fingerprint density at radius 1 is 0.889 bits per heavy atom. The second-order valence-electron chi connectivity index (χ2n) is 13.1. The maximum atomic E-state index is 10.3. The smallest absolute Gasteiger partial charge is 0.169 e. The molecule has 0 fully saturated rings. The van der Waals surface area contributed by atoms with E-state index in [0.717, 1.165) is 16.7 Å². The number of aromatic nitrogens is 1. The number of fused-ring (bicyclic) bond motifs is 4. The second kappa shape index (κ2) is 8.68. The number of hydrogen-bond acceptors (Lipinski definition) is 2. The van der Waals surface area contributed by atoms with Crippen LogP contribution in [0.3, 0.4) is 0 Å². The summed E-state index contributed by atoms with van der Waals surface area (Å²) in [6.07, 6.45) is 15.2. The monoisotopic (exact) mass is 484 g/mol. The summed E-state index contributed by atoms with van der Waals surface area (Å²) in [5.74, 6) is 0. The normalized spacial score (nSPS) is 22.9. The van der Waals surface area contributed by atoms with Crippen LogP contribution in [0.25, 0.3) is 11.6 Å². The lowest BCUT2D eigenvalue weighted by Crippen LogP contribution is -2.45. The molecule has 1 aromatic heterocycles. The highest BCUT2D eigenvalue weighted by Crippen LogP contribution is 2.50. The molecule has 1 aromatic carbocycles. The predicted octanol–water partition coefficient (Wildman–Crippen LogP) is 7.74. The molecular weight excluding hydrogens is 442 g/mol. The van der Waals surface area contributed by atoms with Gasteiger partial charge in [0.2, 0.25) is 0 Å². The molecule has 1 heterocycles. The van der Waals surface area contributed by atoms with E-state index in [9.17, 15) is 5.26 Å². The maximum Gasteiger partial charge on any atom is 0.169 e. The van der Waals surface area contributed by atoms with Gasteiger partial charge < -0.3 is 0 Å². The van der Waals surface area contributed by atoms with Gasteiger partial charge in [-0.15, -0.1) is 0 Å². The first-order chi connectivity index (χ1) is 16.6. The average molecular weight is 485 g/mol. The third kappa shape index (κ3) is 4.44. The van der Waals surface area contributed by atoms with E-state index in [1.54, 1.807) is 0 Å². The van der Waals surface area contributed by atoms with Gasteiger partial charge in [0.1, 0.15) is 12.6 Å². The van der Waals surface area contributed by atoms with Crippen molar-refractivity contribution >= 4 is 11.6 Å². The first kappa shape index (κ1) is 26.3. The zero-order valence-electron chi connectivity index (χ0n) is 23.7. The van der Waals surface area contributed by atoms with E-state index in [-0.39, 0.29) is 16.2 Å². The summed E-state index contributed by atoms with van der Waals surface area (Å²) < 4.78 is 2.06. The lowest BCUT2D eigenvalue weighted by Gasteiger charge is -2.45. The Morgan fingerprint density at radius 3 is 2.06 bits per heavy atom. The van der Waals surface area contributed by atoms with Crippen molar-refractivity contribution in [1.82, 2.24) is 0 Å². The number of hydrogen-bond donors (Lipinski definition) is 1. The summed E-state index contributed by atoms with van der Waals surface area (Å²) in [6, 6.07) is 9.05. The van der Waals surface area contributed by atoms with E-state index in [1.807, 2.05) is 7.05 Å². The van der Waals surface area contributed by atoms with Crippen LogP contribution in [0.1, 0.15) is 83.2 Å². The lowest BCUT2D eigenvalue weighted by molar-refractivity contribution is -0.671. The summed E-state index contributed by atoms with van der Waals surface area (Å²) in [5, 5.41) is 10.3. The number of pyridine rings is 1. The zero-order valence-corrected chi connectivity index (χ0v) is 23.7. The van der Waals surface area contributed by atoms with Gasteiger partial charge in [-0.3, -0.25) is 5.26 Å². The number of benzene rings is 1. The number of nitrogens with zero attached hydrogens (tertiary/aromatic N) is 1. The molecule has 0 radical (unpaired) electrons. The molecule has 4 rings (SSSR count). The van der Waals surface area contributed by atoms with Crippen LogP contribution in [0, 0.1) is 17.8 Å². The summed E-state index contributed by atoms with van der Waals surface area (Å²) >= 11 is 0. The predicted molar refractivity (Wildman–Crippen MR) is 149 cm³/mol. The third-order valence-corrected chi connectivity index (χ3v) is 8.14. The summed E-state index contributed by atoms with van der Waals surface area (Å²) in [6.45, 7) is 19.8. The van der Waals surface area contributed by atoms with E-state index >= 15 is 0 Å². The number of rotatable bonds is 2. The second-order valence-corrected chi connectivity index (χ2v) is 13.1. The Kier molecular flexibility index (Phi) is 6.34. The van der Waals surface area contributed by atoms with Crippen molar-refractivity contribution in [3.8, 4) is 0 Å². The molecule has 2 aliphatic rings. The fourth-order valence-corrected chi connectivity index (χ4v) is 5.09. The van der Waals surface area contributed by atoms with Crippen LogP contribution >= 0.6 is 0 Å². The van der Waals surface area contributed by atoms with Crippen molar-refractivity contribution in [2.45, 2.75) is 73.3 Å². The minimum atomic E-state index is -0.944. The molecule has 1 unspecified atom stereocenters. The van der Waals surface area contributed by atoms with E-state index in [2.05, 4.69) is 134 Å². The van der Waals surface area contributed by atoms with Gasteiger partial charge in [0.05, 0.1) is 0 Å². The number of allylic oxidation sites excluding steroid dienone is 4. The van der Waals surface area contributed by atoms with Crippen molar-refractivity contribution in [1.29, 1.82) is 0 Å². The van der Waals surface area contributed by atoms with Crippen LogP contribution in [-0.2, 0) is 17.4 Å². The van der Waals surface area contributed by atoms with Gasteiger partial charge in [-0.25, -0.2) is 9.45 Å². The Morgan fingerprint density at radius 2 is 1.50 bits per heavy atom. The standard InChI is InChI=1S/C33H41NO2/c1-22-24-11-12-25-20-33(36-35,31(5,6)7)21-27(32(25,8)9)19-29(23-13-15-34(10)16-14-23)28(22)18-26(17-24)30(2,3)4/h11-21H,1-10H3/p+1/b12-11?,29-19-. The Hall–Kier alpha value is -2.75. The van der Waals surface area contributed by atoms with E-state index in [0.29, 0.717) is 0 Å². The highest BCUT2D eigenvalue weighted by molar-refractivity contribution is 5.86. The van der Waals surface area contributed by atoms with Gasteiger partial charge in [-0.2, -0.15) is 0 Å². The first-order valence-corrected chi connectivity index (χ1v) is 12.9. The van der Waals surface area contributed by atoms with Crippen molar-refractivity contribution in [2.24, 2.45) is 17.9 Å². The quantitative estimate of drug-likeness (QED) is 0.269. The minimum Gasteiger partial charge on any atom is -0.251 e. The Labute approximate surface area is 217 Å². The molecule has 190 valence electrons. The van der Waals surface area contributed by atoms with Gasteiger partial charge in [0.15, 0.2) is 12.4 Å². The van der Waals surface area contributed by atoms with Gasteiger partial charge in [0, 0.05) is 23.0 Å². The SMILES string of the molecule is Cc1c2cc(C(C)(C)C)cc1/C(c1cc[n+](C)cc1)=C\C1=CC(OO)(C(C)(C)C)C=C(C=C2)C1(C)C. The van der Waals surface area contributed by atoms with Gasteiger partial charge >= 0.3 is 0 Å². The average Bonchev–Trinajstić information content (AvgIpc) is 2.77. The third-order valence-electron chi connectivity index (χ3n) is 8.14. The van der Waals surface area contributed by atoms with Crippen LogP contribution in [0.4, 0.5) is 0 Å². The molecular formula is C33H42NO2+. The molecule has 0 saturated heterocycles. The molecule has 0 saturated carbocycles. The molecule has 2 aromatic rings. The lowest BCUT2D eigenvalue weighted by atomic mass is 9.63. The molecule has 0 spiro atoms. The van der Waals surface area contributed by atoms with Crippen molar-refractivity contribution in [3.63, 3.8) is 0 Å². The van der Waals surface area contributed by atoms with Crippen LogP contribution < -0.4 is 4.57 Å². The highest BCUT2D eigenvalue weighted by atomic mass is 17.1. The minimum absolute atomic E-state index is 0.0171. The fraction of sp³-hybridized carbons (Fsp3) is 0.424. The highest BCUT2D eigenvalue weighted by Gasteiger charge is 2.46. The number of aryl methyl sites for hydroxylation is 1. The van der Waals surface area contributed by atoms with E-state index in [1.165, 1.54) is 27.8 Å². The molecule has 0 aliphatic heterocycles. The van der Waals surface area contributed by atoms with Crippen LogP contribution in [0.5, 0.6) is 0 Å². The summed E-state index contributed by atoms with van der Waals surface area (Å²) in [5.41, 5.74) is 8.06. The van der Waals surface area contributed by atoms with Gasteiger partial charge in [0.25, 0.3) is 0 Å². The van der Waals surface area contributed by atoms with Crippen LogP contribution in [0.2, 0.25) is 0 Å². The van der Waals surface area contributed by atoms with Gasteiger partial charge in [-0.1, -0.05) is 79.7 Å². The summed E-state index contributed by atoms with van der Waals surface area (Å²) in [4.78, 5) is 5.32. The fourth-order valence-electron chi connectivity index (χ4n) is 5.09. The van der Waals surface area contributed by atoms with Gasteiger partial charge in [-0.05, 0) is 75.1 Å². The zero-order chi connectivity index (χ0) is 26.7. The molecule has 0 amide bonds. The van der Waals surface area contributed by atoms with Crippen molar-refractivity contribution in [2.75, 3.05) is 0 Å². The largest absolute Gasteiger partial charge is 0.251 e. The molecule has 1 N–H and O–H groups in total. The summed E-state index contributed by atoms with van der Waals surface area (Å²) in [7, 11) is 2.04. The van der Waals surface area contributed by atoms with Crippen molar-refractivity contribution < 1.29 is 14.7 Å². The Balaban J connectivity index is 2.15. The molecule has 1 atom stereocenters.